The molecule has 0 saturated heterocycles. The highest BCUT2D eigenvalue weighted by atomic mass is 35.5. The molecule has 1 fully saturated rings. The van der Waals surface area contributed by atoms with E-state index in [1.54, 1.807) is 24.4 Å². The first-order valence-corrected chi connectivity index (χ1v) is 12.7. The van der Waals surface area contributed by atoms with Gasteiger partial charge in [0.05, 0.1) is 10.0 Å². The lowest BCUT2D eigenvalue weighted by Gasteiger charge is -2.28. The molecule has 185 valence electrons. The highest BCUT2D eigenvalue weighted by molar-refractivity contribution is 6.42. The first kappa shape index (κ1) is 24.6. The van der Waals surface area contributed by atoms with Gasteiger partial charge >= 0.3 is 5.97 Å². The fraction of sp³-hybridized carbons (Fsp3) is 0.296. The number of fused-ring (bicyclic) bond motifs is 1. The number of nitrogens with one attached hydrogen (secondary N) is 1. The summed E-state index contributed by atoms with van der Waals surface area (Å²) < 4.78 is 0. The summed E-state index contributed by atoms with van der Waals surface area (Å²) in [4.78, 5) is 32.2. The van der Waals surface area contributed by atoms with Gasteiger partial charge in [0, 0.05) is 30.1 Å². The molecular weight excluding hydrogens is 499 g/mol. The third-order valence-corrected chi connectivity index (χ3v) is 7.67. The lowest BCUT2D eigenvalue weighted by molar-refractivity contribution is -0.138. The number of amides is 1. The van der Waals surface area contributed by atoms with Crippen molar-refractivity contribution in [2.24, 2.45) is 10.9 Å². The molecule has 2 aliphatic heterocycles. The number of aliphatic carboxylic acids is 1. The van der Waals surface area contributed by atoms with Crippen LogP contribution in [-0.4, -0.2) is 29.5 Å². The van der Waals surface area contributed by atoms with Crippen molar-refractivity contribution in [2.45, 2.75) is 38.0 Å². The van der Waals surface area contributed by atoms with E-state index in [9.17, 15) is 9.59 Å². The van der Waals surface area contributed by atoms with Crippen LogP contribution >= 0.6 is 23.2 Å². The second-order valence-corrected chi connectivity index (χ2v) is 10.2. The summed E-state index contributed by atoms with van der Waals surface area (Å²) in [7, 11) is 0. The van der Waals surface area contributed by atoms with Crippen LogP contribution in [0, 0.1) is 5.92 Å². The average molecular weight is 525 g/mol. The minimum atomic E-state index is -0.697. The van der Waals surface area contributed by atoms with Gasteiger partial charge in [0.15, 0.2) is 11.9 Å². The molecule has 7 nitrogen and oxygen atoms in total. The molecule has 1 saturated carbocycles. The Morgan fingerprint density at radius 1 is 1.06 bits per heavy atom. The molecule has 0 spiro atoms. The first-order valence-electron chi connectivity index (χ1n) is 12.0. The van der Waals surface area contributed by atoms with Gasteiger partial charge in [0.2, 0.25) is 6.67 Å². The van der Waals surface area contributed by atoms with Crippen molar-refractivity contribution in [3.63, 3.8) is 0 Å². The van der Waals surface area contributed by atoms with E-state index in [2.05, 4.69) is 39.5 Å². The second kappa shape index (κ2) is 10.5. The van der Waals surface area contributed by atoms with Gasteiger partial charge in [-0.1, -0.05) is 40.2 Å². The number of hydrogen-bond acceptors (Lipinski definition) is 5. The molecular formula is C27H26Cl2N4O3+. The number of nitrogens with zero attached hydrogens (tertiary/aromatic N) is 3. The number of amidine groups is 1. The zero-order valence-electron chi connectivity index (χ0n) is 19.5. The van der Waals surface area contributed by atoms with Crippen molar-refractivity contribution in [3.05, 3.63) is 82.2 Å². The Bertz CT molecular complexity index is 1260. The molecule has 0 unspecified atom stereocenters. The molecule has 2 aromatic rings. The average Bonchev–Trinajstić information content (AvgIpc) is 3.30. The van der Waals surface area contributed by atoms with E-state index in [-0.39, 0.29) is 12.3 Å². The number of benzene rings is 2. The number of anilines is 2. The number of rotatable bonds is 6. The maximum atomic E-state index is 12.7. The normalized spacial score (nSPS) is 21.6. The SMILES string of the molecule is O=C(O)CC1CCC(c2ccc(N3C=CC4=NC(C(=O)Nc5ccc(Cl)c(Cl)c5)=C[N+]4C3)cc2)CC1. The number of halogens is 2. The maximum absolute atomic E-state index is 12.7. The predicted octanol–water partition coefficient (Wildman–Crippen LogP) is 6.07. The topological polar surface area (TPSA) is 87.9 Å². The highest BCUT2D eigenvalue weighted by Gasteiger charge is 2.35. The fourth-order valence-corrected chi connectivity index (χ4v) is 5.27. The largest absolute Gasteiger partial charge is 0.481 e. The summed E-state index contributed by atoms with van der Waals surface area (Å²) in [5.74, 6) is 0.477. The van der Waals surface area contributed by atoms with Gasteiger partial charge in [-0.15, -0.1) is 0 Å². The minimum absolute atomic E-state index is 0.280. The van der Waals surface area contributed by atoms with Crippen molar-refractivity contribution < 1.29 is 14.7 Å². The maximum Gasteiger partial charge on any atom is 0.303 e. The molecule has 1 amide bonds. The Balaban J connectivity index is 1.19. The van der Waals surface area contributed by atoms with Crippen LogP contribution in [0.15, 0.2) is 71.6 Å². The van der Waals surface area contributed by atoms with Crippen LogP contribution in [0.2, 0.25) is 10.0 Å². The van der Waals surface area contributed by atoms with Crippen molar-refractivity contribution in [1.82, 2.24) is 4.90 Å². The van der Waals surface area contributed by atoms with Gasteiger partial charge in [0.1, 0.15) is 0 Å². The molecule has 3 aliphatic rings. The monoisotopic (exact) mass is 524 g/mol. The van der Waals surface area contributed by atoms with Crippen molar-refractivity contribution in [3.8, 4) is 0 Å². The molecule has 9 heteroatoms. The third kappa shape index (κ3) is 5.48. The summed E-state index contributed by atoms with van der Waals surface area (Å²) in [6.45, 7) is 0.540. The summed E-state index contributed by atoms with van der Waals surface area (Å²) in [5, 5.41) is 12.6. The zero-order chi connectivity index (χ0) is 25.2. The van der Waals surface area contributed by atoms with Gasteiger partial charge in [0.25, 0.3) is 11.7 Å². The molecule has 0 bridgehead atoms. The van der Waals surface area contributed by atoms with Crippen LogP contribution in [-0.2, 0) is 9.59 Å². The standard InChI is InChI=1S/C27H26Cl2N4O3/c28-22-10-7-20(14-23(22)29)30-27(36)24-15-33-16-32(12-11-25(33)31-24)21-8-5-19(6-9-21)18-3-1-17(2-4-18)13-26(34)35/h5-12,14-15,17-18H,1-4,13,16H2,(H,30,36)(H,34,35)/q+1. The quantitative estimate of drug-likeness (QED) is 0.449. The summed E-state index contributed by atoms with van der Waals surface area (Å²) >= 11 is 12.0. The molecule has 2 N–H and O–H groups in total. The van der Waals surface area contributed by atoms with Crippen LogP contribution < -0.4 is 15.1 Å². The number of aliphatic imine (C=N–C) groups is 1. The molecule has 0 atom stereocenters. The third-order valence-electron chi connectivity index (χ3n) is 6.93. The predicted molar refractivity (Wildman–Crippen MR) is 143 cm³/mol. The van der Waals surface area contributed by atoms with Crippen molar-refractivity contribution in [1.29, 1.82) is 0 Å². The lowest BCUT2D eigenvalue weighted by Crippen LogP contribution is -2.41. The fourth-order valence-electron chi connectivity index (χ4n) is 4.98. The van der Waals surface area contributed by atoms with Gasteiger partial charge in [-0.2, -0.15) is 4.99 Å². The van der Waals surface area contributed by atoms with Gasteiger partial charge < -0.3 is 10.4 Å². The van der Waals surface area contributed by atoms with E-state index in [0.717, 1.165) is 31.4 Å². The summed E-state index contributed by atoms with van der Waals surface area (Å²) in [6, 6.07) is 13.5. The number of carbonyl (C=O) groups excluding carboxylic acids is 1. The van der Waals surface area contributed by atoms with Crippen molar-refractivity contribution >= 4 is 52.3 Å². The Kier molecular flexibility index (Phi) is 7.14. The Labute approximate surface area is 219 Å². The smallest absolute Gasteiger partial charge is 0.303 e. The van der Waals surface area contributed by atoms with E-state index in [4.69, 9.17) is 28.3 Å². The van der Waals surface area contributed by atoms with Crippen LogP contribution in [0.25, 0.3) is 0 Å². The molecule has 2 aromatic carbocycles. The van der Waals surface area contributed by atoms with Crippen LogP contribution in [0.1, 0.15) is 43.6 Å². The van der Waals surface area contributed by atoms with E-state index in [0.29, 0.717) is 45.8 Å². The molecule has 36 heavy (non-hydrogen) atoms. The molecule has 0 aromatic heterocycles. The number of carboxylic acid groups (broad SMARTS) is 1. The molecule has 1 aliphatic carbocycles. The Hall–Kier alpha value is -3.13. The lowest BCUT2D eigenvalue weighted by atomic mass is 9.77. The Morgan fingerprint density at radius 2 is 1.81 bits per heavy atom. The molecule has 1 radical (unpaired) electrons. The van der Waals surface area contributed by atoms with Gasteiger partial charge in [-0.3, -0.25) is 14.5 Å². The first-order chi connectivity index (χ1) is 17.4. The highest BCUT2D eigenvalue weighted by Crippen LogP contribution is 2.37. The Morgan fingerprint density at radius 3 is 2.50 bits per heavy atom. The van der Waals surface area contributed by atoms with Gasteiger partial charge in [-0.05, 0) is 73.4 Å². The minimum Gasteiger partial charge on any atom is -0.481 e. The van der Waals surface area contributed by atoms with E-state index < -0.39 is 5.97 Å². The second-order valence-electron chi connectivity index (χ2n) is 9.37. The van der Waals surface area contributed by atoms with E-state index in [1.165, 1.54) is 5.56 Å². The molecule has 5 rings (SSSR count). The van der Waals surface area contributed by atoms with Crippen LogP contribution in [0.5, 0.6) is 0 Å². The summed E-state index contributed by atoms with van der Waals surface area (Å²) in [6.07, 6.45) is 9.88. The number of carboxylic acids is 1. The van der Waals surface area contributed by atoms with Crippen molar-refractivity contribution in [2.75, 3.05) is 16.9 Å². The summed E-state index contributed by atoms with van der Waals surface area (Å²) in [5.41, 5.74) is 3.22. The van der Waals surface area contributed by atoms with Gasteiger partial charge in [-0.25, -0.2) is 0 Å². The number of hydrogen-bond donors (Lipinski definition) is 2. The molecule has 2 heterocycles. The zero-order valence-corrected chi connectivity index (χ0v) is 21.0. The number of carbonyl (C=O) groups is 2. The van der Waals surface area contributed by atoms with E-state index in [1.807, 2.05) is 17.2 Å². The van der Waals surface area contributed by atoms with Crippen LogP contribution in [0.3, 0.4) is 0 Å². The van der Waals surface area contributed by atoms with E-state index >= 15 is 0 Å². The van der Waals surface area contributed by atoms with Crippen LogP contribution in [0.4, 0.5) is 11.4 Å².